The van der Waals surface area contributed by atoms with Crippen LogP contribution in [0.25, 0.3) is 0 Å². The van der Waals surface area contributed by atoms with Crippen LogP contribution in [-0.2, 0) is 0 Å². The van der Waals surface area contributed by atoms with Crippen molar-refractivity contribution in [1.29, 1.82) is 0 Å². The van der Waals surface area contributed by atoms with Gasteiger partial charge in [-0.25, -0.2) is 4.39 Å². The van der Waals surface area contributed by atoms with Crippen molar-refractivity contribution in [3.8, 4) is 17.2 Å². The van der Waals surface area contributed by atoms with Gasteiger partial charge in [-0.2, -0.15) is 8.78 Å². The predicted molar refractivity (Wildman–Crippen MR) is 124 cm³/mol. The molecule has 0 atom stereocenters. The topological polar surface area (TPSA) is 27.7 Å². The maximum Gasteiger partial charge on any atom is 0.432 e. The Bertz CT molecular complexity index is 846. The average molecular weight is 465 g/mol. The summed E-state index contributed by atoms with van der Waals surface area (Å²) in [6, 6.07) is 10.8. The number of rotatable bonds is 12. The predicted octanol–water partition coefficient (Wildman–Crippen LogP) is 8.13. The molecule has 0 heterocycles. The SMILES string of the molecule is CCCCCC1CCC(c2ccc(OCC(F)(F)Oc3ccc(OCC)c(F)c3)cc2)CC1. The zero-order valence-electron chi connectivity index (χ0n) is 19.6. The Kier molecular flexibility index (Phi) is 9.33. The highest BCUT2D eigenvalue weighted by Gasteiger charge is 2.33. The molecule has 0 aromatic heterocycles. The number of hydrogen-bond acceptors (Lipinski definition) is 3. The van der Waals surface area contributed by atoms with Crippen molar-refractivity contribution >= 4 is 0 Å². The van der Waals surface area contributed by atoms with Crippen LogP contribution in [0.4, 0.5) is 13.2 Å². The third-order valence-electron chi connectivity index (χ3n) is 6.29. The maximum absolute atomic E-state index is 14.2. The van der Waals surface area contributed by atoms with Crippen LogP contribution >= 0.6 is 0 Å². The van der Waals surface area contributed by atoms with E-state index in [0.717, 1.165) is 12.0 Å². The van der Waals surface area contributed by atoms with Crippen LogP contribution in [0.3, 0.4) is 0 Å². The quantitative estimate of drug-likeness (QED) is 0.297. The van der Waals surface area contributed by atoms with E-state index in [2.05, 4.69) is 11.7 Å². The molecule has 0 spiro atoms. The Morgan fingerprint density at radius 3 is 2.21 bits per heavy atom. The first-order valence-corrected chi connectivity index (χ1v) is 12.1. The van der Waals surface area contributed by atoms with Gasteiger partial charge >= 0.3 is 6.11 Å². The summed E-state index contributed by atoms with van der Waals surface area (Å²) in [4.78, 5) is 0. The number of ether oxygens (including phenoxy) is 3. The van der Waals surface area contributed by atoms with E-state index in [0.29, 0.717) is 11.7 Å². The first-order chi connectivity index (χ1) is 15.9. The summed E-state index contributed by atoms with van der Waals surface area (Å²) < 4.78 is 57.2. The molecule has 0 N–H and O–H groups in total. The van der Waals surface area contributed by atoms with Crippen molar-refractivity contribution in [3.63, 3.8) is 0 Å². The van der Waals surface area contributed by atoms with Crippen molar-refractivity contribution in [2.75, 3.05) is 13.2 Å². The summed E-state index contributed by atoms with van der Waals surface area (Å²) in [5.41, 5.74) is 1.24. The molecule has 2 aromatic rings. The maximum atomic E-state index is 14.2. The van der Waals surface area contributed by atoms with Crippen LogP contribution in [0.2, 0.25) is 0 Å². The van der Waals surface area contributed by atoms with E-state index < -0.39 is 18.5 Å². The van der Waals surface area contributed by atoms with Crippen LogP contribution in [0.15, 0.2) is 42.5 Å². The lowest BCUT2D eigenvalue weighted by atomic mass is 9.77. The molecule has 0 saturated heterocycles. The fourth-order valence-corrected chi connectivity index (χ4v) is 4.49. The highest BCUT2D eigenvalue weighted by Crippen LogP contribution is 2.38. The second-order valence-corrected chi connectivity index (χ2v) is 8.84. The molecule has 0 bridgehead atoms. The van der Waals surface area contributed by atoms with Crippen molar-refractivity contribution in [2.45, 2.75) is 77.2 Å². The van der Waals surface area contributed by atoms with Crippen LogP contribution in [0.5, 0.6) is 17.2 Å². The van der Waals surface area contributed by atoms with Crippen LogP contribution < -0.4 is 14.2 Å². The van der Waals surface area contributed by atoms with E-state index in [1.165, 1.54) is 69.1 Å². The third-order valence-corrected chi connectivity index (χ3v) is 6.29. The minimum absolute atomic E-state index is 0.00511. The highest BCUT2D eigenvalue weighted by atomic mass is 19.3. The van der Waals surface area contributed by atoms with E-state index in [-0.39, 0.29) is 18.1 Å². The molecule has 3 nitrogen and oxygen atoms in total. The number of unbranched alkanes of at least 4 members (excludes halogenated alkanes) is 2. The minimum atomic E-state index is -3.60. The molecule has 6 heteroatoms. The molecular weight excluding hydrogens is 429 g/mol. The molecule has 1 fully saturated rings. The molecular formula is C27H35F3O3. The van der Waals surface area contributed by atoms with Crippen LogP contribution in [0, 0.1) is 11.7 Å². The Hall–Kier alpha value is -2.37. The Morgan fingerprint density at radius 1 is 0.879 bits per heavy atom. The summed E-state index contributed by atoms with van der Waals surface area (Å²) in [7, 11) is 0. The van der Waals surface area contributed by atoms with E-state index in [1.54, 1.807) is 19.1 Å². The van der Waals surface area contributed by atoms with Gasteiger partial charge in [-0.3, -0.25) is 0 Å². The Labute approximate surface area is 195 Å². The van der Waals surface area contributed by atoms with E-state index in [4.69, 9.17) is 9.47 Å². The lowest BCUT2D eigenvalue weighted by Crippen LogP contribution is -2.32. The molecule has 1 saturated carbocycles. The zero-order chi connectivity index (χ0) is 23.7. The van der Waals surface area contributed by atoms with Gasteiger partial charge in [0, 0.05) is 6.07 Å². The van der Waals surface area contributed by atoms with Crippen LogP contribution in [-0.4, -0.2) is 19.3 Å². The van der Waals surface area contributed by atoms with E-state index in [1.807, 2.05) is 12.1 Å². The van der Waals surface area contributed by atoms with Gasteiger partial charge in [-0.15, -0.1) is 0 Å². The molecule has 3 rings (SSSR count). The number of halogens is 3. The summed E-state index contributed by atoms with van der Waals surface area (Å²) >= 11 is 0. The lowest BCUT2D eigenvalue weighted by Gasteiger charge is -2.29. The van der Waals surface area contributed by atoms with Gasteiger partial charge in [0.15, 0.2) is 18.2 Å². The van der Waals surface area contributed by atoms with E-state index in [9.17, 15) is 13.2 Å². The van der Waals surface area contributed by atoms with Gasteiger partial charge in [0.25, 0.3) is 0 Å². The standard InChI is InChI=1S/C27H35F3O3/c1-3-5-6-7-20-8-10-21(11-9-20)22-12-14-23(15-13-22)32-19-27(29,30)33-24-16-17-26(31-4-2)25(28)18-24/h12-18,20-21H,3-11,19H2,1-2H3. The number of alkyl halides is 2. The van der Waals surface area contributed by atoms with Crippen molar-refractivity contribution in [2.24, 2.45) is 5.92 Å². The van der Waals surface area contributed by atoms with Gasteiger partial charge in [0.1, 0.15) is 11.5 Å². The molecule has 0 aliphatic heterocycles. The summed E-state index contributed by atoms with van der Waals surface area (Å²) in [5.74, 6) is 0.687. The van der Waals surface area contributed by atoms with Gasteiger partial charge in [0.05, 0.1) is 6.61 Å². The molecule has 1 aliphatic carbocycles. The van der Waals surface area contributed by atoms with Crippen LogP contribution in [0.1, 0.15) is 76.7 Å². The molecule has 0 unspecified atom stereocenters. The largest absolute Gasteiger partial charge is 0.491 e. The highest BCUT2D eigenvalue weighted by molar-refractivity contribution is 5.33. The third kappa shape index (κ3) is 7.86. The van der Waals surface area contributed by atoms with Gasteiger partial charge in [-0.1, -0.05) is 44.7 Å². The first kappa shape index (κ1) is 25.3. The zero-order valence-corrected chi connectivity index (χ0v) is 19.6. The fraction of sp³-hybridized carbons (Fsp3) is 0.556. The average Bonchev–Trinajstić information content (AvgIpc) is 2.80. The minimum Gasteiger partial charge on any atom is -0.491 e. The molecule has 2 aromatic carbocycles. The van der Waals surface area contributed by atoms with Gasteiger partial charge in [-0.05, 0) is 74.3 Å². The van der Waals surface area contributed by atoms with Gasteiger partial charge in [0.2, 0.25) is 0 Å². The van der Waals surface area contributed by atoms with Crippen molar-refractivity contribution in [1.82, 2.24) is 0 Å². The summed E-state index contributed by atoms with van der Waals surface area (Å²) in [6.07, 6.45) is 6.55. The Morgan fingerprint density at radius 2 is 1.58 bits per heavy atom. The molecule has 0 radical (unpaired) electrons. The number of hydrogen-bond donors (Lipinski definition) is 0. The van der Waals surface area contributed by atoms with Crippen molar-refractivity contribution in [3.05, 3.63) is 53.8 Å². The summed E-state index contributed by atoms with van der Waals surface area (Å²) in [6.45, 7) is 3.26. The summed E-state index contributed by atoms with van der Waals surface area (Å²) in [5, 5.41) is 0. The molecule has 33 heavy (non-hydrogen) atoms. The normalized spacial score (nSPS) is 18.7. The lowest BCUT2D eigenvalue weighted by molar-refractivity contribution is -0.195. The second kappa shape index (κ2) is 12.2. The monoisotopic (exact) mass is 464 g/mol. The smallest absolute Gasteiger partial charge is 0.432 e. The van der Waals surface area contributed by atoms with Crippen molar-refractivity contribution < 1.29 is 27.4 Å². The Balaban J connectivity index is 1.46. The molecule has 1 aliphatic rings. The van der Waals surface area contributed by atoms with Gasteiger partial charge < -0.3 is 14.2 Å². The molecule has 0 amide bonds. The fourth-order valence-electron chi connectivity index (χ4n) is 4.49. The molecule has 182 valence electrons. The number of benzene rings is 2. The van der Waals surface area contributed by atoms with E-state index >= 15 is 0 Å². The first-order valence-electron chi connectivity index (χ1n) is 12.1. The second-order valence-electron chi connectivity index (χ2n) is 8.84.